The lowest BCUT2D eigenvalue weighted by atomic mass is 9.77. The highest BCUT2D eigenvalue weighted by Gasteiger charge is 2.44. The van der Waals surface area contributed by atoms with Crippen LogP contribution in [0.4, 0.5) is 5.69 Å². The van der Waals surface area contributed by atoms with Crippen molar-refractivity contribution in [2.75, 3.05) is 51.0 Å². The topological polar surface area (TPSA) is 77.3 Å². The molecule has 3 aliphatic rings. The molecule has 6 rings (SSSR count). The van der Waals surface area contributed by atoms with Gasteiger partial charge in [0.05, 0.1) is 35.5 Å². The standard InChI is InChI=1S/C28H34N4O4/c33-27-28(9-12-29-27)10-14-31(15-11-28)25-2-1-13-32-26(25)24(20-30-32)21-3-5-22(6-4-21)35-18-19-36-23-7-16-34-17-8-23/h1-6,13,20,23H,7-12,14-19H2,(H,29,33). The highest BCUT2D eigenvalue weighted by molar-refractivity contribution is 5.90. The van der Waals surface area contributed by atoms with Crippen LogP contribution in [0.5, 0.6) is 5.75 Å². The van der Waals surface area contributed by atoms with Crippen LogP contribution in [0.15, 0.2) is 48.8 Å². The highest BCUT2D eigenvalue weighted by Crippen LogP contribution is 2.41. The Morgan fingerprint density at radius 2 is 1.86 bits per heavy atom. The first kappa shape index (κ1) is 23.3. The summed E-state index contributed by atoms with van der Waals surface area (Å²) in [5.74, 6) is 1.07. The van der Waals surface area contributed by atoms with Gasteiger partial charge in [-0.15, -0.1) is 0 Å². The Labute approximate surface area is 211 Å². The molecule has 0 bridgehead atoms. The molecule has 1 amide bonds. The van der Waals surface area contributed by atoms with E-state index in [-0.39, 0.29) is 17.4 Å². The minimum Gasteiger partial charge on any atom is -0.491 e. The van der Waals surface area contributed by atoms with Crippen molar-refractivity contribution >= 4 is 17.1 Å². The molecular formula is C28H34N4O4. The van der Waals surface area contributed by atoms with Gasteiger partial charge in [-0.05, 0) is 61.9 Å². The molecule has 2 aromatic heterocycles. The minimum absolute atomic E-state index is 0.170. The van der Waals surface area contributed by atoms with E-state index in [1.54, 1.807) is 0 Å². The van der Waals surface area contributed by atoms with Crippen LogP contribution in [0.2, 0.25) is 0 Å². The smallest absolute Gasteiger partial charge is 0.226 e. The maximum absolute atomic E-state index is 12.4. The fourth-order valence-corrected chi connectivity index (χ4v) is 5.81. The van der Waals surface area contributed by atoms with Gasteiger partial charge < -0.3 is 24.4 Å². The molecular weight excluding hydrogens is 456 g/mol. The molecule has 3 aliphatic heterocycles. The van der Waals surface area contributed by atoms with E-state index >= 15 is 0 Å². The number of aromatic nitrogens is 2. The van der Waals surface area contributed by atoms with Gasteiger partial charge in [0.1, 0.15) is 12.4 Å². The Balaban J connectivity index is 1.13. The van der Waals surface area contributed by atoms with Gasteiger partial charge >= 0.3 is 0 Å². The monoisotopic (exact) mass is 490 g/mol. The van der Waals surface area contributed by atoms with Gasteiger partial charge in [-0.1, -0.05) is 12.1 Å². The molecule has 5 heterocycles. The van der Waals surface area contributed by atoms with Gasteiger partial charge in [-0.25, -0.2) is 4.52 Å². The van der Waals surface area contributed by atoms with E-state index in [2.05, 4.69) is 33.5 Å². The Morgan fingerprint density at radius 1 is 1.06 bits per heavy atom. The van der Waals surface area contributed by atoms with Gasteiger partial charge in [0.15, 0.2) is 0 Å². The first-order chi connectivity index (χ1) is 17.7. The fraction of sp³-hybridized carbons (Fsp3) is 0.500. The molecule has 8 heteroatoms. The number of benzene rings is 1. The van der Waals surface area contributed by atoms with E-state index in [0.717, 1.165) is 87.3 Å². The Morgan fingerprint density at radius 3 is 2.61 bits per heavy atom. The third-order valence-electron chi connectivity index (χ3n) is 7.99. The van der Waals surface area contributed by atoms with Crippen LogP contribution in [0, 0.1) is 5.41 Å². The molecule has 0 radical (unpaired) electrons. The number of nitrogens with one attached hydrogen (secondary N) is 1. The lowest BCUT2D eigenvalue weighted by Gasteiger charge is -2.38. The van der Waals surface area contributed by atoms with Crippen molar-refractivity contribution in [1.29, 1.82) is 0 Å². The number of carbonyl (C=O) groups excluding carboxylic acids is 1. The zero-order chi connectivity index (χ0) is 24.4. The molecule has 1 spiro atoms. The third kappa shape index (κ3) is 4.55. The van der Waals surface area contributed by atoms with Crippen LogP contribution < -0.4 is 15.0 Å². The van der Waals surface area contributed by atoms with Crippen molar-refractivity contribution in [3.8, 4) is 16.9 Å². The summed E-state index contributed by atoms with van der Waals surface area (Å²) in [6, 6.07) is 12.4. The van der Waals surface area contributed by atoms with Crippen molar-refractivity contribution < 1.29 is 19.0 Å². The Hall–Kier alpha value is -3.10. The first-order valence-corrected chi connectivity index (χ1v) is 13.1. The van der Waals surface area contributed by atoms with Crippen LogP contribution in [0.25, 0.3) is 16.6 Å². The van der Waals surface area contributed by atoms with Gasteiger partial charge in [0.2, 0.25) is 5.91 Å². The number of piperidine rings is 1. The molecule has 8 nitrogen and oxygen atoms in total. The highest BCUT2D eigenvalue weighted by atomic mass is 16.5. The number of hydrogen-bond donors (Lipinski definition) is 1. The SMILES string of the molecule is O=C1NCCC12CCN(c1cccn3ncc(-c4ccc(OCCOC5CCOCC5)cc4)c13)CC2. The largest absolute Gasteiger partial charge is 0.491 e. The van der Waals surface area contributed by atoms with E-state index in [1.165, 1.54) is 5.69 Å². The van der Waals surface area contributed by atoms with Crippen LogP contribution in [0.1, 0.15) is 32.1 Å². The second-order valence-electron chi connectivity index (χ2n) is 10.1. The van der Waals surface area contributed by atoms with Crippen LogP contribution in [-0.2, 0) is 14.3 Å². The summed E-state index contributed by atoms with van der Waals surface area (Å²) in [7, 11) is 0. The minimum atomic E-state index is -0.170. The molecule has 36 heavy (non-hydrogen) atoms. The zero-order valence-electron chi connectivity index (χ0n) is 20.7. The number of ether oxygens (including phenoxy) is 3. The summed E-state index contributed by atoms with van der Waals surface area (Å²) in [6.07, 6.45) is 8.89. The predicted molar refractivity (Wildman–Crippen MR) is 137 cm³/mol. The van der Waals surface area contributed by atoms with Crippen LogP contribution in [-0.4, -0.2) is 67.7 Å². The van der Waals surface area contributed by atoms with Crippen molar-refractivity contribution in [2.45, 2.75) is 38.2 Å². The molecule has 0 aliphatic carbocycles. The molecule has 190 valence electrons. The number of carbonyl (C=O) groups is 1. The van der Waals surface area contributed by atoms with Crippen LogP contribution >= 0.6 is 0 Å². The van der Waals surface area contributed by atoms with Gasteiger partial charge in [0, 0.05) is 44.6 Å². The summed E-state index contributed by atoms with van der Waals surface area (Å²) in [5, 5.41) is 7.66. The molecule has 3 saturated heterocycles. The lowest BCUT2D eigenvalue weighted by molar-refractivity contribution is -0.128. The Kier molecular flexibility index (Phi) is 6.54. The maximum Gasteiger partial charge on any atom is 0.226 e. The second kappa shape index (κ2) is 10.1. The van der Waals surface area contributed by atoms with Gasteiger partial charge in [0.25, 0.3) is 0 Å². The van der Waals surface area contributed by atoms with Crippen molar-refractivity contribution in [3.63, 3.8) is 0 Å². The normalized spacial score (nSPS) is 20.2. The summed E-state index contributed by atoms with van der Waals surface area (Å²) in [6.45, 7) is 5.25. The predicted octanol–water partition coefficient (Wildman–Crippen LogP) is 3.68. The van der Waals surface area contributed by atoms with Crippen molar-refractivity contribution in [3.05, 3.63) is 48.8 Å². The number of fused-ring (bicyclic) bond motifs is 1. The fourth-order valence-electron chi connectivity index (χ4n) is 5.81. The lowest BCUT2D eigenvalue weighted by Crippen LogP contribution is -2.44. The Bertz CT molecular complexity index is 1190. The summed E-state index contributed by atoms with van der Waals surface area (Å²) in [5.41, 5.74) is 4.30. The second-order valence-corrected chi connectivity index (χ2v) is 10.1. The number of pyridine rings is 1. The molecule has 3 fully saturated rings. The quantitative estimate of drug-likeness (QED) is 0.509. The van der Waals surface area contributed by atoms with E-state index in [1.807, 2.05) is 35.1 Å². The average molecular weight is 491 g/mol. The summed E-state index contributed by atoms with van der Waals surface area (Å²) < 4.78 is 19.1. The molecule has 0 unspecified atom stereocenters. The van der Waals surface area contributed by atoms with Crippen LogP contribution in [0.3, 0.4) is 0 Å². The first-order valence-electron chi connectivity index (χ1n) is 13.1. The van der Waals surface area contributed by atoms with Gasteiger partial charge in [-0.2, -0.15) is 5.10 Å². The van der Waals surface area contributed by atoms with Crippen molar-refractivity contribution in [1.82, 2.24) is 14.9 Å². The third-order valence-corrected chi connectivity index (χ3v) is 7.99. The number of amides is 1. The molecule has 0 saturated carbocycles. The number of nitrogens with zero attached hydrogens (tertiary/aromatic N) is 3. The number of hydrogen-bond acceptors (Lipinski definition) is 6. The maximum atomic E-state index is 12.4. The average Bonchev–Trinajstić information content (AvgIpc) is 3.52. The molecule has 1 N–H and O–H groups in total. The van der Waals surface area contributed by atoms with Gasteiger partial charge in [-0.3, -0.25) is 4.79 Å². The zero-order valence-corrected chi connectivity index (χ0v) is 20.7. The van der Waals surface area contributed by atoms with E-state index in [0.29, 0.717) is 13.2 Å². The number of anilines is 1. The molecule has 3 aromatic rings. The van der Waals surface area contributed by atoms with Crippen molar-refractivity contribution in [2.24, 2.45) is 5.41 Å². The summed E-state index contributed by atoms with van der Waals surface area (Å²) in [4.78, 5) is 14.8. The molecule has 1 aromatic carbocycles. The van der Waals surface area contributed by atoms with E-state index < -0.39 is 0 Å². The van der Waals surface area contributed by atoms with E-state index in [4.69, 9.17) is 14.2 Å². The number of rotatable bonds is 7. The molecule has 0 atom stereocenters. The van der Waals surface area contributed by atoms with E-state index in [9.17, 15) is 4.79 Å². The summed E-state index contributed by atoms with van der Waals surface area (Å²) >= 11 is 0.